The van der Waals surface area contributed by atoms with Gasteiger partial charge in [0.15, 0.2) is 30.1 Å². The second kappa shape index (κ2) is 25.5. The molecule has 0 saturated carbocycles. The quantitative estimate of drug-likeness (QED) is 0.404. The van der Waals surface area contributed by atoms with Gasteiger partial charge in [-0.2, -0.15) is 21.0 Å². The summed E-state index contributed by atoms with van der Waals surface area (Å²) in [6.07, 6.45) is 6.45. The van der Waals surface area contributed by atoms with Crippen molar-refractivity contribution < 1.29 is 24.9 Å². The Morgan fingerprint density at radius 2 is 1.28 bits per heavy atom. The maximum Gasteiger partial charge on any atom is 0.327 e. The number of carboxylic acid groups (broad SMARTS) is 1. The molecule has 0 spiro atoms. The van der Waals surface area contributed by atoms with Gasteiger partial charge in [-0.05, 0) is 44.1 Å². The summed E-state index contributed by atoms with van der Waals surface area (Å²) in [6, 6.07) is 4.94. The smallest absolute Gasteiger partial charge is 0.327 e. The summed E-state index contributed by atoms with van der Waals surface area (Å²) in [7, 11) is 0. The Balaban J connectivity index is -0.000000165. The van der Waals surface area contributed by atoms with E-state index in [1.165, 1.54) is 29.8 Å². The summed E-state index contributed by atoms with van der Waals surface area (Å²) >= 11 is 0. The van der Waals surface area contributed by atoms with Gasteiger partial charge in [-0.3, -0.25) is 4.79 Å². The Kier molecular flexibility index (Phi) is 28.7. The molecular formula is C23H34N4O5. The second-order valence-corrected chi connectivity index (χ2v) is 7.20. The number of hydrogen-bond donors (Lipinski definition) is 3. The number of Topliss-reactive ketones (excluding diaryl/α,β-unsaturated/α-hetero) is 1. The van der Waals surface area contributed by atoms with Crippen LogP contribution in [-0.4, -0.2) is 40.3 Å². The number of aliphatic carboxylic acids is 1. The Hall–Kier alpha value is -3.50. The highest BCUT2D eigenvalue weighted by Gasteiger charge is 2.28. The fraction of sp³-hybridized carbons (Fsp3) is 0.565. The topological polar surface area (TPSA) is 190 Å². The third kappa shape index (κ3) is 31.2. The van der Waals surface area contributed by atoms with Gasteiger partial charge >= 0.3 is 5.97 Å². The number of rotatable bonds is 6. The van der Waals surface area contributed by atoms with Crippen LogP contribution in [0.3, 0.4) is 0 Å². The summed E-state index contributed by atoms with van der Waals surface area (Å²) in [5, 5.41) is 53.3. The molecule has 0 unspecified atom stereocenters. The van der Waals surface area contributed by atoms with E-state index in [-0.39, 0.29) is 18.6 Å². The first-order valence-corrected chi connectivity index (χ1v) is 9.77. The van der Waals surface area contributed by atoms with Crippen LogP contribution in [-0.2, 0) is 9.59 Å². The largest absolute Gasteiger partial charge is 0.478 e. The highest BCUT2D eigenvalue weighted by Crippen LogP contribution is 2.36. The Labute approximate surface area is 191 Å². The molecular weight excluding hydrogens is 412 g/mol. The first kappa shape index (κ1) is 35.9. The number of nitrogens with zero attached hydrogens (tertiary/aromatic N) is 4. The molecule has 0 atom stereocenters. The lowest BCUT2D eigenvalue weighted by Gasteiger charge is -2.29. The molecule has 0 bridgehead atoms. The molecule has 0 amide bonds. The molecule has 0 aromatic carbocycles. The van der Waals surface area contributed by atoms with Crippen molar-refractivity contribution in [3.8, 4) is 24.3 Å². The van der Waals surface area contributed by atoms with E-state index in [4.69, 9.17) is 36.4 Å². The minimum absolute atomic E-state index is 0.195. The van der Waals surface area contributed by atoms with Gasteiger partial charge in [-0.15, -0.1) is 0 Å². The van der Waals surface area contributed by atoms with Gasteiger partial charge < -0.3 is 15.3 Å². The Morgan fingerprint density at radius 3 is 1.50 bits per heavy atom. The van der Waals surface area contributed by atoms with Crippen LogP contribution in [0.2, 0.25) is 0 Å². The van der Waals surface area contributed by atoms with E-state index < -0.39 is 5.97 Å². The first-order chi connectivity index (χ1) is 14.9. The van der Waals surface area contributed by atoms with E-state index >= 15 is 0 Å². The Morgan fingerprint density at radius 1 is 0.938 bits per heavy atom. The number of nitriles is 4. The molecule has 1 rings (SSSR count). The molecule has 1 aliphatic carbocycles. The fourth-order valence-electron chi connectivity index (χ4n) is 2.30. The number of aliphatic hydroxyl groups excluding tert-OH is 2. The molecule has 32 heavy (non-hydrogen) atoms. The van der Waals surface area contributed by atoms with Crippen molar-refractivity contribution in [3.05, 3.63) is 23.8 Å². The third-order valence-corrected chi connectivity index (χ3v) is 3.78. The molecule has 176 valence electrons. The van der Waals surface area contributed by atoms with Crippen LogP contribution in [0, 0.1) is 50.7 Å². The predicted molar refractivity (Wildman–Crippen MR) is 119 cm³/mol. The summed E-state index contributed by atoms with van der Waals surface area (Å²) < 4.78 is 0. The molecule has 0 saturated heterocycles. The predicted octanol–water partition coefficient (Wildman–Crippen LogP) is 3.57. The summed E-state index contributed by atoms with van der Waals surface area (Å²) in [5.74, 6) is -0.649. The van der Waals surface area contributed by atoms with Gasteiger partial charge in [0.05, 0.1) is 0 Å². The number of hydrogen-bond acceptors (Lipinski definition) is 8. The zero-order chi connectivity index (χ0) is 26.0. The zero-order valence-corrected chi connectivity index (χ0v) is 19.4. The van der Waals surface area contributed by atoms with Crippen molar-refractivity contribution in [1.82, 2.24) is 0 Å². The van der Waals surface area contributed by atoms with Crippen LogP contribution >= 0.6 is 0 Å². The lowest BCUT2D eigenvalue weighted by molar-refractivity contribution is -0.131. The number of carbonyl (C=O) groups excluding carboxylic acids is 1. The van der Waals surface area contributed by atoms with Gasteiger partial charge in [0, 0.05) is 25.7 Å². The minimum Gasteiger partial charge on any atom is -0.478 e. The SMILES string of the molecule is C=CC(=O)O.CC1=C(C)C(=O)CC(C)(C)C1.N#CC#N.N#CC#N.OCCCCCCO. The van der Waals surface area contributed by atoms with Gasteiger partial charge in [0.1, 0.15) is 0 Å². The second-order valence-electron chi connectivity index (χ2n) is 7.20. The molecule has 9 nitrogen and oxygen atoms in total. The van der Waals surface area contributed by atoms with E-state index in [2.05, 4.69) is 27.4 Å². The minimum atomic E-state index is -0.981. The molecule has 0 aromatic rings. The lowest BCUT2D eigenvalue weighted by atomic mass is 9.74. The molecule has 0 radical (unpaired) electrons. The number of carboxylic acids is 1. The van der Waals surface area contributed by atoms with Gasteiger partial charge in [-0.1, -0.05) is 38.8 Å². The van der Waals surface area contributed by atoms with Gasteiger partial charge in [-0.25, -0.2) is 4.79 Å². The van der Waals surface area contributed by atoms with Gasteiger partial charge in [0.25, 0.3) is 0 Å². The van der Waals surface area contributed by atoms with Gasteiger partial charge in [0.2, 0.25) is 0 Å². The molecule has 0 aromatic heterocycles. The van der Waals surface area contributed by atoms with Crippen LogP contribution in [0.5, 0.6) is 0 Å². The van der Waals surface area contributed by atoms with E-state index in [0.29, 0.717) is 5.78 Å². The monoisotopic (exact) mass is 446 g/mol. The number of unbranched alkanes of at least 4 members (excludes halogenated alkanes) is 3. The van der Waals surface area contributed by atoms with Crippen molar-refractivity contribution in [1.29, 1.82) is 21.0 Å². The van der Waals surface area contributed by atoms with Crippen molar-refractivity contribution in [3.63, 3.8) is 0 Å². The van der Waals surface area contributed by atoms with Crippen LogP contribution in [0.25, 0.3) is 0 Å². The average Bonchev–Trinajstić information content (AvgIpc) is 2.75. The van der Waals surface area contributed by atoms with Crippen molar-refractivity contribution >= 4 is 11.8 Å². The average molecular weight is 447 g/mol. The van der Waals surface area contributed by atoms with Crippen molar-refractivity contribution in [2.75, 3.05) is 13.2 Å². The summed E-state index contributed by atoms with van der Waals surface area (Å²) in [6.45, 7) is 11.8. The molecule has 0 aliphatic heterocycles. The van der Waals surface area contributed by atoms with Crippen LogP contribution < -0.4 is 0 Å². The number of carbonyl (C=O) groups is 2. The van der Waals surface area contributed by atoms with Crippen LogP contribution in [0.4, 0.5) is 0 Å². The maximum atomic E-state index is 11.4. The number of allylic oxidation sites excluding steroid dienone is 2. The highest BCUT2D eigenvalue weighted by atomic mass is 16.4. The normalized spacial score (nSPS) is 12.4. The zero-order valence-electron chi connectivity index (χ0n) is 19.4. The van der Waals surface area contributed by atoms with Crippen LogP contribution in [0.1, 0.15) is 66.2 Å². The molecule has 1 aliphatic rings. The van der Waals surface area contributed by atoms with E-state index in [1.807, 2.05) is 6.92 Å². The lowest BCUT2D eigenvalue weighted by Crippen LogP contribution is -2.23. The fourth-order valence-corrected chi connectivity index (χ4v) is 2.30. The number of aliphatic hydroxyl groups is 2. The van der Waals surface area contributed by atoms with E-state index in [0.717, 1.165) is 50.2 Å². The van der Waals surface area contributed by atoms with E-state index in [1.54, 1.807) is 0 Å². The highest BCUT2D eigenvalue weighted by molar-refractivity contribution is 5.96. The van der Waals surface area contributed by atoms with Crippen molar-refractivity contribution in [2.24, 2.45) is 5.41 Å². The van der Waals surface area contributed by atoms with E-state index in [9.17, 15) is 9.59 Å². The van der Waals surface area contributed by atoms with Crippen LogP contribution in [0.15, 0.2) is 23.8 Å². The molecule has 3 N–H and O–H groups in total. The summed E-state index contributed by atoms with van der Waals surface area (Å²) in [4.78, 5) is 20.6. The third-order valence-electron chi connectivity index (χ3n) is 3.78. The first-order valence-electron chi connectivity index (χ1n) is 9.77. The molecule has 0 fully saturated rings. The summed E-state index contributed by atoms with van der Waals surface area (Å²) in [5.41, 5.74) is 2.45. The molecule has 9 heteroatoms. The molecule has 0 heterocycles. The Bertz CT molecular complexity index is 690. The maximum absolute atomic E-state index is 11.4. The number of ketones is 1. The van der Waals surface area contributed by atoms with Crippen molar-refractivity contribution in [2.45, 2.75) is 66.2 Å². The standard InChI is InChI=1S/C10H16O.C6H14O2.C3H4O2.2C2N2/c1-7-5-10(3,4)6-9(11)8(7)2;7-5-3-1-2-4-6-8;1-2-3(4)5;2*3-1-2-4/h5-6H2,1-4H3;7-8H,1-6H2;2H,1H2,(H,4,5);;.